The number of nitriles is 1. The normalized spacial score (nSPS) is 14.3. The second kappa shape index (κ2) is 8.30. The maximum Gasteiger partial charge on any atom is 0.261 e. The molecule has 0 bridgehead atoms. The summed E-state index contributed by atoms with van der Waals surface area (Å²) in [4.78, 5) is 12.3. The number of nitrogens with one attached hydrogen (secondary N) is 1. The number of ether oxygens (including phenoxy) is 1. The molecule has 3 rings (SSSR count). The summed E-state index contributed by atoms with van der Waals surface area (Å²) in [6.45, 7) is 0. The number of amides is 1. The lowest BCUT2D eigenvalue weighted by atomic mass is 9.90. The van der Waals surface area contributed by atoms with Crippen molar-refractivity contribution in [2.24, 2.45) is 5.10 Å². The maximum absolute atomic E-state index is 12.3. The molecule has 26 heavy (non-hydrogen) atoms. The largest absolute Gasteiger partial charge is 0.496 e. The van der Waals surface area contributed by atoms with E-state index in [1.165, 1.54) is 24.0 Å². The lowest BCUT2D eigenvalue weighted by Crippen LogP contribution is -2.24. The van der Waals surface area contributed by atoms with Crippen LogP contribution >= 0.6 is 0 Å². The molecule has 5 nitrogen and oxygen atoms in total. The minimum Gasteiger partial charge on any atom is -0.496 e. The van der Waals surface area contributed by atoms with Crippen molar-refractivity contribution < 1.29 is 9.53 Å². The van der Waals surface area contributed by atoms with Crippen molar-refractivity contribution in [3.63, 3.8) is 0 Å². The Morgan fingerprint density at radius 3 is 2.58 bits per heavy atom. The van der Waals surface area contributed by atoms with Crippen LogP contribution in [0.2, 0.25) is 0 Å². The van der Waals surface area contributed by atoms with Crippen LogP contribution in [0.3, 0.4) is 0 Å². The van der Waals surface area contributed by atoms with Gasteiger partial charge >= 0.3 is 0 Å². The molecular weight excluding hydrogens is 326 g/mol. The van der Waals surface area contributed by atoms with Crippen molar-refractivity contribution >= 4 is 12.1 Å². The van der Waals surface area contributed by atoms with Gasteiger partial charge in [0.15, 0.2) is 5.92 Å². The van der Waals surface area contributed by atoms with E-state index >= 15 is 0 Å². The SMILES string of the molecule is COc1cc2c(cc1/C=N\NC(=O)[C@H](C#N)c1ccccc1)CCCC2. The lowest BCUT2D eigenvalue weighted by Gasteiger charge is -2.18. The van der Waals surface area contributed by atoms with Gasteiger partial charge in [0.2, 0.25) is 0 Å². The molecule has 0 aromatic heterocycles. The molecule has 0 saturated heterocycles. The van der Waals surface area contributed by atoms with E-state index in [1.807, 2.05) is 12.1 Å². The number of carbonyl (C=O) groups is 1. The first kappa shape index (κ1) is 17.7. The fourth-order valence-corrected chi connectivity index (χ4v) is 3.22. The lowest BCUT2D eigenvalue weighted by molar-refractivity contribution is -0.121. The molecule has 0 fully saturated rings. The molecule has 0 radical (unpaired) electrons. The fourth-order valence-electron chi connectivity index (χ4n) is 3.22. The molecule has 0 heterocycles. The minimum atomic E-state index is -0.890. The van der Waals surface area contributed by atoms with Crippen LogP contribution in [0.25, 0.3) is 0 Å². The molecule has 1 aliphatic rings. The zero-order valence-electron chi connectivity index (χ0n) is 14.7. The van der Waals surface area contributed by atoms with Crippen LogP contribution in [0.1, 0.15) is 41.0 Å². The summed E-state index contributed by atoms with van der Waals surface area (Å²) >= 11 is 0. The van der Waals surface area contributed by atoms with Crippen molar-refractivity contribution in [1.29, 1.82) is 5.26 Å². The predicted molar refractivity (Wildman–Crippen MR) is 100 cm³/mol. The number of nitrogens with zero attached hydrogens (tertiary/aromatic N) is 2. The highest BCUT2D eigenvalue weighted by molar-refractivity contribution is 5.89. The molecule has 0 aliphatic heterocycles. The van der Waals surface area contributed by atoms with Crippen molar-refractivity contribution in [2.75, 3.05) is 7.11 Å². The van der Waals surface area contributed by atoms with Crippen molar-refractivity contribution in [3.8, 4) is 11.8 Å². The molecule has 0 saturated carbocycles. The van der Waals surface area contributed by atoms with E-state index in [9.17, 15) is 10.1 Å². The Bertz CT molecular complexity index is 854. The third kappa shape index (κ3) is 3.92. The number of hydrogen-bond acceptors (Lipinski definition) is 4. The quantitative estimate of drug-likeness (QED) is 0.666. The van der Waals surface area contributed by atoms with Crippen LogP contribution in [-0.4, -0.2) is 19.2 Å². The molecule has 1 amide bonds. The highest BCUT2D eigenvalue weighted by Gasteiger charge is 2.19. The Morgan fingerprint density at radius 2 is 1.92 bits per heavy atom. The van der Waals surface area contributed by atoms with E-state index in [0.717, 1.165) is 24.2 Å². The highest BCUT2D eigenvalue weighted by atomic mass is 16.5. The van der Waals surface area contributed by atoms with Crippen LogP contribution in [0, 0.1) is 11.3 Å². The maximum atomic E-state index is 12.3. The average Bonchev–Trinajstić information content (AvgIpc) is 2.69. The Balaban J connectivity index is 1.74. The van der Waals surface area contributed by atoms with Crippen LogP contribution in [0.4, 0.5) is 0 Å². The molecule has 1 aliphatic carbocycles. The number of rotatable bonds is 5. The van der Waals surface area contributed by atoms with E-state index in [4.69, 9.17) is 4.74 Å². The first-order chi connectivity index (χ1) is 12.7. The smallest absolute Gasteiger partial charge is 0.261 e. The van der Waals surface area contributed by atoms with Crippen LogP contribution < -0.4 is 10.2 Å². The second-order valence-corrected chi connectivity index (χ2v) is 6.28. The van der Waals surface area contributed by atoms with Gasteiger partial charge in [-0.25, -0.2) is 5.43 Å². The van der Waals surface area contributed by atoms with Gasteiger partial charge in [-0.15, -0.1) is 0 Å². The van der Waals surface area contributed by atoms with E-state index < -0.39 is 11.8 Å². The van der Waals surface area contributed by atoms with Gasteiger partial charge in [-0.2, -0.15) is 10.4 Å². The Labute approximate surface area is 153 Å². The van der Waals surface area contributed by atoms with Crippen LogP contribution in [0.5, 0.6) is 5.75 Å². The number of hydrogen-bond donors (Lipinski definition) is 1. The van der Waals surface area contributed by atoms with Gasteiger partial charge in [-0.05, 0) is 54.5 Å². The van der Waals surface area contributed by atoms with Gasteiger partial charge in [-0.1, -0.05) is 30.3 Å². The molecule has 132 valence electrons. The number of methoxy groups -OCH3 is 1. The molecule has 2 aromatic carbocycles. The molecule has 0 unspecified atom stereocenters. The molecular formula is C21H21N3O2. The van der Waals surface area contributed by atoms with Crippen LogP contribution in [0.15, 0.2) is 47.6 Å². The van der Waals surface area contributed by atoms with E-state index in [1.54, 1.807) is 37.6 Å². The summed E-state index contributed by atoms with van der Waals surface area (Å²) in [5.74, 6) is -0.603. The van der Waals surface area contributed by atoms with Gasteiger partial charge in [0.1, 0.15) is 5.75 Å². The number of fused-ring (bicyclic) bond motifs is 1. The Morgan fingerprint density at radius 1 is 1.23 bits per heavy atom. The van der Waals surface area contributed by atoms with Gasteiger partial charge in [0.05, 0.1) is 19.4 Å². The first-order valence-corrected chi connectivity index (χ1v) is 8.70. The third-order valence-corrected chi connectivity index (χ3v) is 4.60. The summed E-state index contributed by atoms with van der Waals surface area (Å²) in [7, 11) is 1.63. The summed E-state index contributed by atoms with van der Waals surface area (Å²) in [5, 5.41) is 13.3. The molecule has 1 N–H and O–H groups in total. The van der Waals surface area contributed by atoms with Crippen molar-refractivity contribution in [3.05, 3.63) is 64.7 Å². The van der Waals surface area contributed by atoms with Gasteiger partial charge in [0, 0.05) is 5.56 Å². The zero-order chi connectivity index (χ0) is 18.4. The fraction of sp³-hybridized carbons (Fsp3) is 0.286. The molecule has 1 atom stereocenters. The Kier molecular flexibility index (Phi) is 5.65. The predicted octanol–water partition coefficient (Wildman–Crippen LogP) is 3.33. The van der Waals surface area contributed by atoms with Crippen molar-refractivity contribution in [1.82, 2.24) is 5.43 Å². The van der Waals surface area contributed by atoms with Crippen molar-refractivity contribution in [2.45, 2.75) is 31.6 Å². The second-order valence-electron chi connectivity index (χ2n) is 6.28. The zero-order valence-corrected chi connectivity index (χ0v) is 14.7. The monoisotopic (exact) mass is 347 g/mol. The van der Waals surface area contributed by atoms with Gasteiger partial charge in [-0.3, -0.25) is 4.79 Å². The van der Waals surface area contributed by atoms with E-state index in [-0.39, 0.29) is 0 Å². The van der Waals surface area contributed by atoms with E-state index in [0.29, 0.717) is 5.56 Å². The summed E-state index contributed by atoms with van der Waals surface area (Å²) in [6.07, 6.45) is 6.09. The summed E-state index contributed by atoms with van der Waals surface area (Å²) in [6, 6.07) is 15.1. The average molecular weight is 347 g/mol. The van der Waals surface area contributed by atoms with Crippen LogP contribution in [-0.2, 0) is 17.6 Å². The molecule has 0 spiro atoms. The molecule has 5 heteroatoms. The third-order valence-electron chi connectivity index (χ3n) is 4.60. The summed E-state index contributed by atoms with van der Waals surface area (Å²) < 4.78 is 5.45. The highest BCUT2D eigenvalue weighted by Crippen LogP contribution is 2.28. The standard InChI is InChI=1S/C21H21N3O2/c1-26-20-12-17-10-6-5-9-16(17)11-18(20)14-23-24-21(25)19(13-22)15-7-3-2-4-8-15/h2-4,7-8,11-12,14,19H,5-6,9-10H2,1H3,(H,24,25)/b23-14-/t19-/m1/s1. The number of hydrazone groups is 1. The Hall–Kier alpha value is -3.13. The first-order valence-electron chi connectivity index (χ1n) is 8.70. The summed E-state index contributed by atoms with van der Waals surface area (Å²) in [5.41, 5.74) is 6.56. The topological polar surface area (TPSA) is 74.5 Å². The number of benzene rings is 2. The van der Waals surface area contributed by atoms with E-state index in [2.05, 4.69) is 22.7 Å². The number of carbonyl (C=O) groups excluding carboxylic acids is 1. The number of aryl methyl sites for hydroxylation is 2. The van der Waals surface area contributed by atoms with Gasteiger partial charge in [0.25, 0.3) is 5.91 Å². The minimum absolute atomic E-state index is 0.452. The van der Waals surface area contributed by atoms with Gasteiger partial charge < -0.3 is 4.74 Å². The molecule has 2 aromatic rings.